The Balaban J connectivity index is 2.54. The molecule has 1 amide bonds. The van der Waals surface area contributed by atoms with E-state index in [1.54, 1.807) is 18.9 Å². The molecule has 2 rings (SSSR count). The first-order valence-corrected chi connectivity index (χ1v) is 5.66. The Morgan fingerprint density at radius 3 is 2.87 bits per heavy atom. The number of carbonyl (C=O) groups is 1. The Bertz CT molecular complexity index is 417. The Labute approximate surface area is 93.2 Å². The predicted molar refractivity (Wildman–Crippen MR) is 61.7 cm³/mol. The largest absolute Gasteiger partial charge is 0.495 e. The first kappa shape index (κ1) is 10.4. The van der Waals surface area contributed by atoms with E-state index in [-0.39, 0.29) is 11.2 Å². The van der Waals surface area contributed by atoms with Crippen molar-refractivity contribution in [3.8, 4) is 5.75 Å². The fourth-order valence-electron chi connectivity index (χ4n) is 1.56. The van der Waals surface area contributed by atoms with Gasteiger partial charge in [0.15, 0.2) is 0 Å². The summed E-state index contributed by atoms with van der Waals surface area (Å²) in [4.78, 5) is 12.7. The van der Waals surface area contributed by atoms with Crippen LogP contribution in [0, 0.1) is 6.92 Å². The second-order valence-electron chi connectivity index (χ2n) is 3.54. The van der Waals surface area contributed by atoms with Gasteiger partial charge in [-0.1, -0.05) is 6.07 Å². The van der Waals surface area contributed by atoms with Gasteiger partial charge in [0, 0.05) is 4.90 Å². The molecule has 1 N–H and O–H groups in total. The molecule has 1 aromatic rings. The molecule has 1 aliphatic heterocycles. The minimum Gasteiger partial charge on any atom is -0.495 e. The van der Waals surface area contributed by atoms with Crippen LogP contribution in [0.25, 0.3) is 0 Å². The van der Waals surface area contributed by atoms with Gasteiger partial charge in [-0.15, -0.1) is 11.8 Å². The summed E-state index contributed by atoms with van der Waals surface area (Å²) in [7, 11) is 1.61. The van der Waals surface area contributed by atoms with E-state index in [2.05, 4.69) is 5.32 Å². The molecule has 0 fully saturated rings. The highest BCUT2D eigenvalue weighted by Crippen LogP contribution is 2.43. The van der Waals surface area contributed by atoms with E-state index < -0.39 is 0 Å². The van der Waals surface area contributed by atoms with Gasteiger partial charge < -0.3 is 10.1 Å². The number of hydrogen-bond donors (Lipinski definition) is 1. The maximum absolute atomic E-state index is 11.5. The molecule has 3 nitrogen and oxygen atoms in total. The maximum atomic E-state index is 11.5. The van der Waals surface area contributed by atoms with E-state index in [1.807, 2.05) is 26.0 Å². The van der Waals surface area contributed by atoms with Gasteiger partial charge in [0.2, 0.25) is 5.91 Å². The van der Waals surface area contributed by atoms with E-state index >= 15 is 0 Å². The lowest BCUT2D eigenvalue weighted by atomic mass is 10.2. The zero-order chi connectivity index (χ0) is 11.0. The number of ether oxygens (including phenoxy) is 1. The molecular weight excluding hydrogens is 210 g/mol. The summed E-state index contributed by atoms with van der Waals surface area (Å²) in [5, 5.41) is 2.85. The lowest BCUT2D eigenvalue weighted by molar-refractivity contribution is -0.115. The average molecular weight is 223 g/mol. The van der Waals surface area contributed by atoms with Crippen molar-refractivity contribution in [1.29, 1.82) is 0 Å². The van der Waals surface area contributed by atoms with Gasteiger partial charge >= 0.3 is 0 Å². The predicted octanol–water partition coefficient (Wildman–Crippen LogP) is 2.44. The molecule has 0 spiro atoms. The minimum absolute atomic E-state index is 0.0383. The fourth-order valence-corrected chi connectivity index (χ4v) is 2.61. The average Bonchev–Trinajstić information content (AvgIpc) is 2.22. The van der Waals surface area contributed by atoms with Gasteiger partial charge in [0.1, 0.15) is 5.75 Å². The second-order valence-corrected chi connectivity index (χ2v) is 4.89. The highest BCUT2D eigenvalue weighted by molar-refractivity contribution is 8.01. The molecule has 0 saturated heterocycles. The monoisotopic (exact) mass is 223 g/mol. The Hall–Kier alpha value is -1.16. The zero-order valence-electron chi connectivity index (χ0n) is 8.96. The molecule has 1 heterocycles. The third-order valence-corrected chi connectivity index (χ3v) is 3.78. The molecule has 4 heteroatoms. The van der Waals surface area contributed by atoms with Crippen LogP contribution >= 0.6 is 11.8 Å². The van der Waals surface area contributed by atoms with E-state index in [1.165, 1.54) is 5.56 Å². The Morgan fingerprint density at radius 1 is 1.47 bits per heavy atom. The normalized spacial score (nSPS) is 19.4. The van der Waals surface area contributed by atoms with Gasteiger partial charge in [-0.2, -0.15) is 0 Å². The molecule has 0 aromatic heterocycles. The number of fused-ring (bicyclic) bond motifs is 1. The van der Waals surface area contributed by atoms with Crippen LogP contribution in [-0.4, -0.2) is 18.3 Å². The molecule has 0 aliphatic carbocycles. The lowest BCUT2D eigenvalue weighted by Crippen LogP contribution is -2.27. The third-order valence-electron chi connectivity index (χ3n) is 2.45. The van der Waals surface area contributed by atoms with Crippen molar-refractivity contribution in [3.63, 3.8) is 0 Å². The van der Waals surface area contributed by atoms with E-state index in [0.717, 1.165) is 16.3 Å². The number of nitrogens with one attached hydrogen (secondary N) is 1. The molecule has 15 heavy (non-hydrogen) atoms. The number of carbonyl (C=O) groups excluding carboxylic acids is 1. The smallest absolute Gasteiger partial charge is 0.237 e. The minimum atomic E-state index is -0.0386. The number of benzene rings is 1. The standard InChI is InChI=1S/C11H13NO2S/c1-6-4-5-8(14-3)9-10(6)15-7(2)11(13)12-9/h4-5,7H,1-3H3,(H,12,13). The van der Waals surface area contributed by atoms with E-state index in [4.69, 9.17) is 4.74 Å². The summed E-state index contributed by atoms with van der Waals surface area (Å²) in [6.07, 6.45) is 0. The first-order valence-electron chi connectivity index (χ1n) is 4.78. The van der Waals surface area contributed by atoms with Crippen LogP contribution in [0.5, 0.6) is 5.75 Å². The molecule has 1 aromatic carbocycles. The van der Waals surface area contributed by atoms with Crippen molar-refractivity contribution in [2.24, 2.45) is 0 Å². The molecule has 0 radical (unpaired) electrons. The summed E-state index contributed by atoms with van der Waals surface area (Å²) in [5.41, 5.74) is 1.98. The summed E-state index contributed by atoms with van der Waals surface area (Å²) < 4.78 is 5.22. The van der Waals surface area contributed by atoms with Crippen LogP contribution in [0.2, 0.25) is 0 Å². The molecule has 0 bridgehead atoms. The van der Waals surface area contributed by atoms with Crippen LogP contribution in [0.1, 0.15) is 12.5 Å². The van der Waals surface area contributed by atoms with Crippen LogP contribution in [-0.2, 0) is 4.79 Å². The highest BCUT2D eigenvalue weighted by Gasteiger charge is 2.26. The summed E-state index contributed by atoms with van der Waals surface area (Å²) >= 11 is 1.58. The van der Waals surface area contributed by atoms with Crippen molar-refractivity contribution >= 4 is 23.4 Å². The van der Waals surface area contributed by atoms with Crippen molar-refractivity contribution in [3.05, 3.63) is 17.7 Å². The second kappa shape index (κ2) is 3.77. The fraction of sp³-hybridized carbons (Fsp3) is 0.364. The summed E-state index contributed by atoms with van der Waals surface area (Å²) in [6.45, 7) is 3.94. The van der Waals surface area contributed by atoms with Crippen molar-refractivity contribution < 1.29 is 9.53 Å². The number of anilines is 1. The quantitative estimate of drug-likeness (QED) is 0.794. The molecular formula is C11H13NO2S. The third kappa shape index (κ3) is 1.69. The van der Waals surface area contributed by atoms with Crippen LogP contribution in [0.15, 0.2) is 17.0 Å². The Kier molecular flexibility index (Phi) is 2.61. The van der Waals surface area contributed by atoms with Crippen molar-refractivity contribution in [2.45, 2.75) is 24.0 Å². The molecule has 0 saturated carbocycles. The molecule has 1 aliphatic rings. The zero-order valence-corrected chi connectivity index (χ0v) is 9.77. The van der Waals surface area contributed by atoms with Gasteiger partial charge in [0.25, 0.3) is 0 Å². The molecule has 1 unspecified atom stereocenters. The number of thioether (sulfide) groups is 1. The molecule has 1 atom stereocenters. The van der Waals surface area contributed by atoms with Crippen LogP contribution in [0.3, 0.4) is 0 Å². The topological polar surface area (TPSA) is 38.3 Å². The van der Waals surface area contributed by atoms with Gasteiger partial charge in [0.05, 0.1) is 18.0 Å². The lowest BCUT2D eigenvalue weighted by Gasteiger charge is -2.24. The summed E-state index contributed by atoms with van der Waals surface area (Å²) in [6, 6.07) is 3.89. The van der Waals surface area contributed by atoms with Crippen molar-refractivity contribution in [2.75, 3.05) is 12.4 Å². The van der Waals surface area contributed by atoms with Gasteiger partial charge in [-0.05, 0) is 25.5 Å². The number of methoxy groups -OCH3 is 1. The van der Waals surface area contributed by atoms with E-state index in [9.17, 15) is 4.79 Å². The van der Waals surface area contributed by atoms with Gasteiger partial charge in [-0.25, -0.2) is 0 Å². The number of rotatable bonds is 1. The Morgan fingerprint density at radius 2 is 2.20 bits per heavy atom. The number of hydrogen-bond acceptors (Lipinski definition) is 3. The number of amides is 1. The molecule has 80 valence electrons. The SMILES string of the molecule is COc1ccc(C)c2c1NC(=O)C(C)S2. The number of aryl methyl sites for hydroxylation is 1. The first-order chi connectivity index (χ1) is 7.13. The van der Waals surface area contributed by atoms with Crippen molar-refractivity contribution in [1.82, 2.24) is 0 Å². The van der Waals surface area contributed by atoms with Crippen LogP contribution in [0.4, 0.5) is 5.69 Å². The highest BCUT2D eigenvalue weighted by atomic mass is 32.2. The van der Waals surface area contributed by atoms with Gasteiger partial charge in [-0.3, -0.25) is 4.79 Å². The maximum Gasteiger partial charge on any atom is 0.237 e. The van der Waals surface area contributed by atoms with E-state index in [0.29, 0.717) is 0 Å². The van der Waals surface area contributed by atoms with Crippen LogP contribution < -0.4 is 10.1 Å². The summed E-state index contributed by atoms with van der Waals surface area (Å²) in [5.74, 6) is 0.764.